The van der Waals surface area contributed by atoms with Gasteiger partial charge in [0.15, 0.2) is 0 Å². The summed E-state index contributed by atoms with van der Waals surface area (Å²) in [5.74, 6) is 0.898. The highest BCUT2D eigenvalue weighted by molar-refractivity contribution is 7.99. The molecule has 0 aromatic carbocycles. The van der Waals surface area contributed by atoms with E-state index >= 15 is 0 Å². The van der Waals surface area contributed by atoms with Crippen LogP contribution in [0.4, 0.5) is 0 Å². The molecule has 0 atom stereocenters. The van der Waals surface area contributed by atoms with E-state index in [2.05, 4.69) is 0 Å². The number of carbonyl (C=O) groups is 2. The Labute approximate surface area is 81.8 Å². The van der Waals surface area contributed by atoms with Crippen molar-refractivity contribution < 1.29 is 9.59 Å². The normalized spacial score (nSPS) is 17.5. The second-order valence-electron chi connectivity index (χ2n) is 3.60. The lowest BCUT2D eigenvalue weighted by molar-refractivity contribution is -0.145. The molecule has 0 aromatic rings. The minimum absolute atomic E-state index is 0.162. The van der Waals surface area contributed by atoms with Gasteiger partial charge in [0, 0.05) is 12.3 Å². The van der Waals surface area contributed by atoms with Gasteiger partial charge in [-0.2, -0.15) is 0 Å². The van der Waals surface area contributed by atoms with Crippen LogP contribution in [0.1, 0.15) is 13.8 Å². The molecule has 13 heavy (non-hydrogen) atoms. The first kappa shape index (κ1) is 10.4. The zero-order chi connectivity index (χ0) is 10.1. The first-order chi connectivity index (χ1) is 5.96. The third-order valence-electron chi connectivity index (χ3n) is 2.19. The van der Waals surface area contributed by atoms with Gasteiger partial charge in [-0.3, -0.25) is 9.59 Å². The molecular weight excluding hydrogens is 188 g/mol. The second kappa shape index (κ2) is 3.57. The predicted molar refractivity (Wildman–Crippen MR) is 52.0 cm³/mol. The van der Waals surface area contributed by atoms with Crippen molar-refractivity contribution in [1.29, 1.82) is 0 Å². The van der Waals surface area contributed by atoms with Crippen LogP contribution in [-0.4, -0.2) is 34.9 Å². The Bertz CT molecular complexity index is 234. The molecule has 2 N–H and O–H groups in total. The van der Waals surface area contributed by atoms with Crippen LogP contribution >= 0.6 is 11.8 Å². The molecule has 74 valence electrons. The summed E-state index contributed by atoms with van der Waals surface area (Å²) in [7, 11) is 0. The molecule has 1 heterocycles. The van der Waals surface area contributed by atoms with Gasteiger partial charge in [-0.05, 0) is 13.8 Å². The van der Waals surface area contributed by atoms with Gasteiger partial charge < -0.3 is 10.6 Å². The molecule has 5 heteroatoms. The van der Waals surface area contributed by atoms with Crippen LogP contribution < -0.4 is 5.73 Å². The first-order valence-electron chi connectivity index (χ1n) is 4.13. The van der Waals surface area contributed by atoms with E-state index in [1.165, 1.54) is 0 Å². The van der Waals surface area contributed by atoms with Crippen molar-refractivity contribution in [3.63, 3.8) is 0 Å². The summed E-state index contributed by atoms with van der Waals surface area (Å²) >= 11 is 1.69. The fourth-order valence-electron chi connectivity index (χ4n) is 1.07. The van der Waals surface area contributed by atoms with Crippen LogP contribution in [0.15, 0.2) is 0 Å². The van der Waals surface area contributed by atoms with Gasteiger partial charge in [0.2, 0.25) is 11.8 Å². The number of primary amides is 1. The van der Waals surface area contributed by atoms with E-state index in [0.717, 1.165) is 12.3 Å². The molecule has 0 saturated carbocycles. The van der Waals surface area contributed by atoms with Crippen LogP contribution in [0, 0.1) is 5.41 Å². The van der Waals surface area contributed by atoms with Gasteiger partial charge in [0.1, 0.15) is 5.41 Å². The van der Waals surface area contributed by atoms with Crippen molar-refractivity contribution in [2.75, 3.05) is 18.2 Å². The summed E-state index contributed by atoms with van der Waals surface area (Å²) in [5, 5.41) is 0. The monoisotopic (exact) mass is 202 g/mol. The van der Waals surface area contributed by atoms with Crippen LogP contribution in [0.2, 0.25) is 0 Å². The van der Waals surface area contributed by atoms with Crippen LogP contribution in [-0.2, 0) is 9.59 Å². The fraction of sp³-hybridized carbons (Fsp3) is 0.750. The maximum atomic E-state index is 11.7. The van der Waals surface area contributed by atoms with E-state index in [1.54, 1.807) is 30.5 Å². The summed E-state index contributed by atoms with van der Waals surface area (Å²) in [6.45, 7) is 3.86. The minimum atomic E-state index is -1.06. The van der Waals surface area contributed by atoms with Crippen LogP contribution in [0.3, 0.4) is 0 Å². The molecule has 1 aliphatic rings. The van der Waals surface area contributed by atoms with E-state index in [-0.39, 0.29) is 5.91 Å². The third kappa shape index (κ3) is 1.96. The number of hydrogen-bond acceptors (Lipinski definition) is 3. The lowest BCUT2D eigenvalue weighted by Gasteiger charge is -2.25. The number of rotatable bonds is 2. The van der Waals surface area contributed by atoms with Crippen LogP contribution in [0.5, 0.6) is 0 Å². The van der Waals surface area contributed by atoms with E-state index in [9.17, 15) is 9.59 Å². The van der Waals surface area contributed by atoms with Gasteiger partial charge in [0.25, 0.3) is 0 Å². The highest BCUT2D eigenvalue weighted by atomic mass is 32.2. The zero-order valence-electron chi connectivity index (χ0n) is 7.87. The summed E-state index contributed by atoms with van der Waals surface area (Å²) in [4.78, 5) is 24.4. The van der Waals surface area contributed by atoms with Gasteiger partial charge in [-0.1, -0.05) is 0 Å². The first-order valence-corrected chi connectivity index (χ1v) is 5.29. The van der Waals surface area contributed by atoms with Crippen molar-refractivity contribution in [3.8, 4) is 0 Å². The highest BCUT2D eigenvalue weighted by Crippen LogP contribution is 2.23. The van der Waals surface area contributed by atoms with Crippen molar-refractivity contribution in [2.45, 2.75) is 13.8 Å². The van der Waals surface area contributed by atoms with E-state index < -0.39 is 11.3 Å². The van der Waals surface area contributed by atoms with E-state index in [0.29, 0.717) is 5.88 Å². The Kier molecular flexibility index (Phi) is 2.85. The van der Waals surface area contributed by atoms with Crippen molar-refractivity contribution >= 4 is 23.6 Å². The Hall–Kier alpha value is -0.710. The molecule has 4 nitrogen and oxygen atoms in total. The number of nitrogens with zero attached hydrogens (tertiary/aromatic N) is 1. The molecule has 0 bridgehead atoms. The topological polar surface area (TPSA) is 63.4 Å². The SMILES string of the molecule is CC(C)(C(N)=O)C(=O)N1CCSC1. The molecule has 1 fully saturated rings. The van der Waals surface area contributed by atoms with Crippen LogP contribution in [0.25, 0.3) is 0 Å². The molecule has 0 aliphatic carbocycles. The number of amides is 2. The van der Waals surface area contributed by atoms with Gasteiger partial charge in [-0.15, -0.1) is 11.8 Å². The molecule has 2 amide bonds. The largest absolute Gasteiger partial charge is 0.369 e. The molecule has 1 saturated heterocycles. The minimum Gasteiger partial charge on any atom is -0.369 e. The summed E-state index contributed by atoms with van der Waals surface area (Å²) in [6.07, 6.45) is 0. The molecule has 0 aromatic heterocycles. The lowest BCUT2D eigenvalue weighted by atomic mass is 9.91. The molecule has 0 spiro atoms. The number of hydrogen-bond donors (Lipinski definition) is 1. The lowest BCUT2D eigenvalue weighted by Crippen LogP contribution is -2.46. The van der Waals surface area contributed by atoms with Crippen molar-refractivity contribution in [2.24, 2.45) is 11.1 Å². The zero-order valence-corrected chi connectivity index (χ0v) is 8.69. The summed E-state index contributed by atoms with van der Waals surface area (Å²) in [6, 6.07) is 0. The highest BCUT2D eigenvalue weighted by Gasteiger charge is 2.38. The average molecular weight is 202 g/mol. The Morgan fingerprint density at radius 3 is 2.46 bits per heavy atom. The van der Waals surface area contributed by atoms with Gasteiger partial charge in [0.05, 0.1) is 5.88 Å². The summed E-state index contributed by atoms with van der Waals surface area (Å²) in [5.41, 5.74) is 4.08. The number of nitrogens with two attached hydrogens (primary N) is 1. The van der Waals surface area contributed by atoms with E-state index in [4.69, 9.17) is 5.73 Å². The standard InChI is InChI=1S/C8H14N2O2S/c1-8(2,6(9)11)7(12)10-3-4-13-5-10/h3-5H2,1-2H3,(H2,9,11). The van der Waals surface area contributed by atoms with Crippen molar-refractivity contribution in [3.05, 3.63) is 0 Å². The smallest absolute Gasteiger partial charge is 0.238 e. The fourth-order valence-corrected chi connectivity index (χ4v) is 2.02. The Morgan fingerprint density at radius 2 is 2.08 bits per heavy atom. The predicted octanol–water partition coefficient (Wildman–Crippen LogP) is 0.0308. The molecular formula is C8H14N2O2S. The maximum absolute atomic E-state index is 11.7. The van der Waals surface area contributed by atoms with E-state index in [1.807, 2.05) is 0 Å². The van der Waals surface area contributed by atoms with Gasteiger partial charge in [-0.25, -0.2) is 0 Å². The molecule has 1 rings (SSSR count). The second-order valence-corrected chi connectivity index (χ2v) is 4.67. The molecule has 1 aliphatic heterocycles. The Morgan fingerprint density at radius 1 is 1.46 bits per heavy atom. The molecule has 0 unspecified atom stereocenters. The maximum Gasteiger partial charge on any atom is 0.238 e. The average Bonchev–Trinajstić information content (AvgIpc) is 2.54. The molecule has 0 radical (unpaired) electrons. The van der Waals surface area contributed by atoms with Crippen molar-refractivity contribution in [1.82, 2.24) is 4.90 Å². The summed E-state index contributed by atoms with van der Waals surface area (Å²) < 4.78 is 0. The number of carbonyl (C=O) groups excluding carboxylic acids is 2. The quantitative estimate of drug-likeness (QED) is 0.643. The number of thioether (sulfide) groups is 1. The third-order valence-corrected chi connectivity index (χ3v) is 3.16. The Balaban J connectivity index is 2.70. The van der Waals surface area contributed by atoms with Gasteiger partial charge >= 0.3 is 0 Å².